The molecular weight excluding hydrogens is 355 g/mol. The van der Waals surface area contributed by atoms with Crippen LogP contribution in [-0.4, -0.2) is 30.1 Å². The lowest BCUT2D eigenvalue weighted by molar-refractivity contribution is 0.596. The van der Waals surface area contributed by atoms with E-state index in [1.54, 1.807) is 12.1 Å². The van der Waals surface area contributed by atoms with Crippen LogP contribution in [0, 0.1) is 12.7 Å². The Hall–Kier alpha value is -2.13. The Bertz CT molecular complexity index is 973. The van der Waals surface area contributed by atoms with E-state index in [0.717, 1.165) is 28.8 Å². The number of nitrogens with zero attached hydrogens (tertiary/aromatic N) is 1. The largest absolute Gasteiger partial charge is 0.277 e. The van der Waals surface area contributed by atoms with E-state index in [9.17, 15) is 21.2 Å². The van der Waals surface area contributed by atoms with E-state index in [1.807, 2.05) is 0 Å². The summed E-state index contributed by atoms with van der Waals surface area (Å²) in [5.41, 5.74) is 0.536. The highest BCUT2D eigenvalue weighted by atomic mass is 32.2. The molecule has 0 saturated carbocycles. The summed E-state index contributed by atoms with van der Waals surface area (Å²) in [5.74, 6) is -0.538. The monoisotopic (exact) mass is 372 g/mol. The highest BCUT2D eigenvalue weighted by Crippen LogP contribution is 2.29. The van der Waals surface area contributed by atoms with Gasteiger partial charge in [-0.2, -0.15) is 0 Å². The highest BCUT2D eigenvalue weighted by Gasteiger charge is 2.21. The molecule has 0 unspecified atom stereocenters. The molecule has 0 aromatic heterocycles. The van der Waals surface area contributed by atoms with E-state index in [-0.39, 0.29) is 21.8 Å². The van der Waals surface area contributed by atoms with Gasteiger partial charge >= 0.3 is 0 Å². The van der Waals surface area contributed by atoms with Gasteiger partial charge in [-0.25, -0.2) is 21.2 Å². The Morgan fingerprint density at radius 2 is 1.67 bits per heavy atom. The van der Waals surface area contributed by atoms with Crippen LogP contribution in [0.15, 0.2) is 47.4 Å². The Morgan fingerprint density at radius 1 is 1.04 bits per heavy atom. The minimum Gasteiger partial charge on any atom is -0.277 e. The second-order valence-corrected chi connectivity index (χ2v) is 8.93. The summed E-state index contributed by atoms with van der Waals surface area (Å²) in [6, 6.07) is 9.44. The zero-order valence-electron chi connectivity index (χ0n) is 13.3. The molecule has 0 heterocycles. The number of halogens is 1. The van der Waals surface area contributed by atoms with Gasteiger partial charge in [-0.1, -0.05) is 12.1 Å². The molecule has 2 aromatic rings. The van der Waals surface area contributed by atoms with Crippen molar-refractivity contribution in [1.82, 2.24) is 0 Å². The van der Waals surface area contributed by atoms with Crippen LogP contribution in [0.5, 0.6) is 0 Å². The predicted molar refractivity (Wildman–Crippen MR) is 91.6 cm³/mol. The third-order valence-electron chi connectivity index (χ3n) is 3.41. The van der Waals surface area contributed by atoms with Gasteiger partial charge in [-0.3, -0.25) is 9.03 Å². The zero-order chi connectivity index (χ0) is 18.1. The van der Waals surface area contributed by atoms with Crippen LogP contribution in [0.1, 0.15) is 5.56 Å². The molecule has 0 spiro atoms. The van der Waals surface area contributed by atoms with E-state index in [4.69, 9.17) is 0 Å². The van der Waals surface area contributed by atoms with E-state index < -0.39 is 25.9 Å². The third-order valence-corrected chi connectivity index (χ3v) is 6.13. The molecule has 9 heteroatoms. The number of para-hydroxylation sites is 2. The van der Waals surface area contributed by atoms with E-state index in [1.165, 1.54) is 26.1 Å². The second-order valence-electron chi connectivity index (χ2n) is 5.26. The molecule has 2 aromatic carbocycles. The Kier molecular flexibility index (Phi) is 4.86. The van der Waals surface area contributed by atoms with E-state index in [0.29, 0.717) is 0 Å². The van der Waals surface area contributed by atoms with Crippen LogP contribution < -0.4 is 9.03 Å². The third kappa shape index (κ3) is 3.85. The summed E-state index contributed by atoms with van der Waals surface area (Å²) in [5, 5.41) is 0. The topological polar surface area (TPSA) is 83.6 Å². The molecule has 0 aliphatic rings. The lowest BCUT2D eigenvalue weighted by Crippen LogP contribution is -2.26. The number of nitrogens with one attached hydrogen (secondary N) is 1. The van der Waals surface area contributed by atoms with Crippen LogP contribution in [0.4, 0.5) is 15.8 Å². The molecule has 2 rings (SSSR count). The highest BCUT2D eigenvalue weighted by molar-refractivity contribution is 7.93. The lowest BCUT2D eigenvalue weighted by Gasteiger charge is -2.21. The number of sulfonamides is 2. The van der Waals surface area contributed by atoms with Crippen molar-refractivity contribution in [1.29, 1.82) is 0 Å². The van der Waals surface area contributed by atoms with E-state index in [2.05, 4.69) is 4.72 Å². The molecule has 0 saturated heterocycles. The molecule has 0 aliphatic heterocycles. The fourth-order valence-electron chi connectivity index (χ4n) is 2.13. The standard InChI is InChI=1S/C15H17FN2O4S2/c1-11-10-12(16)8-9-15(11)24(21,22)17-13-6-4-5-7-14(13)18(2)23(3,19)20/h4-10,17H,1-3H3. The fraction of sp³-hybridized carbons (Fsp3) is 0.200. The molecule has 0 bridgehead atoms. The number of benzene rings is 2. The maximum Gasteiger partial charge on any atom is 0.262 e. The van der Waals surface area contributed by atoms with Crippen molar-refractivity contribution in [2.45, 2.75) is 11.8 Å². The molecule has 0 amide bonds. The van der Waals surface area contributed by atoms with Gasteiger partial charge in [0, 0.05) is 7.05 Å². The Morgan fingerprint density at radius 3 is 2.25 bits per heavy atom. The summed E-state index contributed by atoms with van der Waals surface area (Å²) in [4.78, 5) is -0.0827. The minimum absolute atomic E-state index is 0.0827. The second kappa shape index (κ2) is 6.40. The molecule has 0 aliphatic carbocycles. The van der Waals surface area contributed by atoms with Gasteiger partial charge in [0.05, 0.1) is 22.5 Å². The van der Waals surface area contributed by atoms with Gasteiger partial charge in [0.2, 0.25) is 10.0 Å². The smallest absolute Gasteiger partial charge is 0.262 e. The van der Waals surface area contributed by atoms with Crippen molar-refractivity contribution in [2.75, 3.05) is 22.3 Å². The van der Waals surface area contributed by atoms with Crippen molar-refractivity contribution in [3.8, 4) is 0 Å². The molecule has 24 heavy (non-hydrogen) atoms. The summed E-state index contributed by atoms with van der Waals surface area (Å²) in [6.07, 6.45) is 1.02. The first-order valence-corrected chi connectivity index (χ1v) is 10.2. The number of hydrogen-bond acceptors (Lipinski definition) is 4. The number of rotatable bonds is 5. The first kappa shape index (κ1) is 18.2. The van der Waals surface area contributed by atoms with Crippen LogP contribution in [-0.2, 0) is 20.0 Å². The molecule has 6 nitrogen and oxygen atoms in total. The lowest BCUT2D eigenvalue weighted by atomic mass is 10.2. The van der Waals surface area contributed by atoms with Crippen molar-refractivity contribution in [3.05, 3.63) is 53.8 Å². The van der Waals surface area contributed by atoms with Gasteiger partial charge in [-0.15, -0.1) is 0 Å². The fourth-order valence-corrected chi connectivity index (χ4v) is 3.95. The summed E-state index contributed by atoms with van der Waals surface area (Å²) in [6.45, 7) is 1.48. The molecular formula is C15H17FN2O4S2. The van der Waals surface area contributed by atoms with Crippen LogP contribution in [0.2, 0.25) is 0 Å². The summed E-state index contributed by atoms with van der Waals surface area (Å²) >= 11 is 0. The van der Waals surface area contributed by atoms with Crippen LogP contribution >= 0.6 is 0 Å². The predicted octanol–water partition coefficient (Wildman–Crippen LogP) is 2.33. The quantitative estimate of drug-likeness (QED) is 0.873. The maximum absolute atomic E-state index is 13.2. The SMILES string of the molecule is Cc1cc(F)ccc1S(=O)(=O)Nc1ccccc1N(C)S(C)(=O)=O. The van der Waals surface area contributed by atoms with E-state index >= 15 is 0 Å². The first-order chi connectivity index (χ1) is 11.0. The number of aryl methyl sites for hydroxylation is 1. The summed E-state index contributed by atoms with van der Waals surface area (Å²) in [7, 11) is -6.24. The van der Waals surface area contributed by atoms with Crippen LogP contribution in [0.25, 0.3) is 0 Å². The molecule has 0 fully saturated rings. The van der Waals surface area contributed by atoms with Gasteiger partial charge in [0.15, 0.2) is 0 Å². The van der Waals surface area contributed by atoms with Crippen molar-refractivity contribution >= 4 is 31.4 Å². The maximum atomic E-state index is 13.2. The number of hydrogen-bond donors (Lipinski definition) is 1. The Balaban J connectivity index is 2.48. The molecule has 130 valence electrons. The average molecular weight is 372 g/mol. The van der Waals surface area contributed by atoms with Gasteiger partial charge in [-0.05, 0) is 42.8 Å². The first-order valence-electron chi connectivity index (χ1n) is 6.84. The normalized spacial score (nSPS) is 12.0. The van der Waals surface area contributed by atoms with Gasteiger partial charge < -0.3 is 0 Å². The van der Waals surface area contributed by atoms with Crippen molar-refractivity contribution in [3.63, 3.8) is 0 Å². The Labute approximate surface area is 141 Å². The molecule has 1 N–H and O–H groups in total. The van der Waals surface area contributed by atoms with Crippen LogP contribution in [0.3, 0.4) is 0 Å². The van der Waals surface area contributed by atoms with Gasteiger partial charge in [0.1, 0.15) is 5.82 Å². The van der Waals surface area contributed by atoms with Crippen molar-refractivity contribution in [2.24, 2.45) is 0 Å². The van der Waals surface area contributed by atoms with Crippen molar-refractivity contribution < 1.29 is 21.2 Å². The van der Waals surface area contributed by atoms with Gasteiger partial charge in [0.25, 0.3) is 10.0 Å². The number of anilines is 2. The summed E-state index contributed by atoms with van der Waals surface area (Å²) < 4.78 is 65.1. The molecule has 0 atom stereocenters. The average Bonchev–Trinajstić information content (AvgIpc) is 2.45. The molecule has 0 radical (unpaired) electrons. The zero-order valence-corrected chi connectivity index (χ0v) is 14.9. The minimum atomic E-state index is -4.00.